The van der Waals surface area contributed by atoms with Crippen molar-refractivity contribution in [3.05, 3.63) is 89.6 Å². The number of aromatic nitrogens is 3. The van der Waals surface area contributed by atoms with Crippen molar-refractivity contribution < 1.29 is 13.9 Å². The van der Waals surface area contributed by atoms with Crippen LogP contribution in [0.5, 0.6) is 5.75 Å². The summed E-state index contributed by atoms with van der Waals surface area (Å²) in [5.74, 6) is 1.20. The standard InChI is InChI=1S/C22H20FN3O2/c1-2-27-20(22-25-19-4-3-13-24-21(19)26-22)16-7-11-18(12-8-16)28-14-15-5-9-17(23)10-6-15/h3-13,20H,2,14H2,1H3,(H,24,25,26). The summed E-state index contributed by atoms with van der Waals surface area (Å²) < 4.78 is 24.7. The molecule has 1 atom stereocenters. The molecule has 2 aromatic carbocycles. The van der Waals surface area contributed by atoms with Crippen LogP contribution in [0.1, 0.15) is 30.0 Å². The van der Waals surface area contributed by atoms with E-state index in [0.717, 1.165) is 33.9 Å². The highest BCUT2D eigenvalue weighted by Gasteiger charge is 2.19. The molecule has 1 N–H and O–H groups in total. The van der Waals surface area contributed by atoms with E-state index in [4.69, 9.17) is 9.47 Å². The molecule has 0 saturated heterocycles. The molecule has 0 aliphatic rings. The van der Waals surface area contributed by atoms with E-state index in [2.05, 4.69) is 15.0 Å². The van der Waals surface area contributed by atoms with E-state index in [1.807, 2.05) is 43.3 Å². The molecule has 0 fully saturated rings. The summed E-state index contributed by atoms with van der Waals surface area (Å²) in [5.41, 5.74) is 3.42. The first-order valence-electron chi connectivity index (χ1n) is 9.12. The molecule has 142 valence electrons. The van der Waals surface area contributed by atoms with Gasteiger partial charge in [0.15, 0.2) is 5.65 Å². The predicted octanol–water partition coefficient (Wildman–Crippen LogP) is 4.80. The number of H-pyrrole nitrogens is 1. The summed E-state index contributed by atoms with van der Waals surface area (Å²) in [7, 11) is 0. The van der Waals surface area contributed by atoms with Gasteiger partial charge in [0, 0.05) is 12.8 Å². The molecule has 28 heavy (non-hydrogen) atoms. The predicted molar refractivity (Wildman–Crippen MR) is 105 cm³/mol. The largest absolute Gasteiger partial charge is 0.489 e. The maximum atomic E-state index is 13.0. The summed E-state index contributed by atoms with van der Waals surface area (Å²) in [6.07, 6.45) is 1.41. The smallest absolute Gasteiger partial charge is 0.157 e. The summed E-state index contributed by atoms with van der Waals surface area (Å²) in [5, 5.41) is 0. The van der Waals surface area contributed by atoms with Crippen molar-refractivity contribution in [2.24, 2.45) is 0 Å². The minimum absolute atomic E-state index is 0.254. The first-order valence-corrected chi connectivity index (χ1v) is 9.12. The molecular formula is C22H20FN3O2. The van der Waals surface area contributed by atoms with Crippen molar-refractivity contribution in [3.63, 3.8) is 0 Å². The van der Waals surface area contributed by atoms with Crippen molar-refractivity contribution in [3.8, 4) is 5.75 Å². The Balaban J connectivity index is 1.50. The summed E-state index contributed by atoms with van der Waals surface area (Å²) >= 11 is 0. The van der Waals surface area contributed by atoms with Crippen molar-refractivity contribution in [1.29, 1.82) is 0 Å². The highest BCUT2D eigenvalue weighted by Crippen LogP contribution is 2.27. The highest BCUT2D eigenvalue weighted by atomic mass is 19.1. The van der Waals surface area contributed by atoms with E-state index in [9.17, 15) is 4.39 Å². The fourth-order valence-electron chi connectivity index (χ4n) is 2.97. The second kappa shape index (κ2) is 8.19. The monoisotopic (exact) mass is 377 g/mol. The third kappa shape index (κ3) is 4.02. The second-order valence-electron chi connectivity index (χ2n) is 6.31. The first kappa shape index (κ1) is 18.1. The van der Waals surface area contributed by atoms with Crippen molar-refractivity contribution >= 4 is 11.2 Å². The second-order valence-corrected chi connectivity index (χ2v) is 6.31. The molecular weight excluding hydrogens is 357 g/mol. The Bertz CT molecular complexity index is 1010. The Kier molecular flexibility index (Phi) is 5.30. The van der Waals surface area contributed by atoms with E-state index >= 15 is 0 Å². The Labute approximate surface area is 162 Å². The average molecular weight is 377 g/mol. The van der Waals surface area contributed by atoms with E-state index in [1.54, 1.807) is 18.3 Å². The van der Waals surface area contributed by atoms with E-state index in [1.165, 1.54) is 12.1 Å². The van der Waals surface area contributed by atoms with Crippen LogP contribution in [-0.2, 0) is 11.3 Å². The molecule has 0 radical (unpaired) electrons. The molecule has 4 aromatic rings. The molecule has 2 heterocycles. The number of pyridine rings is 1. The number of hydrogen-bond acceptors (Lipinski definition) is 4. The molecule has 2 aromatic heterocycles. The van der Waals surface area contributed by atoms with Crippen LogP contribution in [0.25, 0.3) is 11.2 Å². The lowest BCUT2D eigenvalue weighted by molar-refractivity contribution is 0.0859. The summed E-state index contributed by atoms with van der Waals surface area (Å²) in [6, 6.07) is 17.8. The number of nitrogens with one attached hydrogen (secondary N) is 1. The number of aromatic amines is 1. The summed E-state index contributed by atoms with van der Waals surface area (Å²) in [6.45, 7) is 2.88. The number of nitrogens with zero attached hydrogens (tertiary/aromatic N) is 2. The fraction of sp³-hybridized carbons (Fsp3) is 0.182. The number of ether oxygens (including phenoxy) is 2. The van der Waals surface area contributed by atoms with Gasteiger partial charge in [0.2, 0.25) is 0 Å². The zero-order valence-corrected chi connectivity index (χ0v) is 15.4. The lowest BCUT2D eigenvalue weighted by atomic mass is 10.1. The molecule has 6 heteroatoms. The molecule has 0 amide bonds. The zero-order chi connectivity index (χ0) is 19.3. The number of halogens is 1. The van der Waals surface area contributed by atoms with Crippen molar-refractivity contribution in [1.82, 2.24) is 15.0 Å². The van der Waals surface area contributed by atoms with Gasteiger partial charge in [-0.25, -0.2) is 14.4 Å². The van der Waals surface area contributed by atoms with Crippen LogP contribution in [-0.4, -0.2) is 21.6 Å². The van der Waals surface area contributed by atoms with Crippen LogP contribution in [0.4, 0.5) is 4.39 Å². The van der Waals surface area contributed by atoms with Crippen LogP contribution in [0, 0.1) is 5.82 Å². The van der Waals surface area contributed by atoms with Gasteiger partial charge in [0.05, 0.1) is 0 Å². The minimum atomic E-state index is -0.314. The zero-order valence-electron chi connectivity index (χ0n) is 15.4. The number of rotatable bonds is 7. The van der Waals surface area contributed by atoms with Gasteiger partial charge in [-0.3, -0.25) is 0 Å². The highest BCUT2D eigenvalue weighted by molar-refractivity contribution is 5.70. The van der Waals surface area contributed by atoms with E-state index < -0.39 is 0 Å². The number of fused-ring (bicyclic) bond motifs is 1. The van der Waals surface area contributed by atoms with Gasteiger partial charge < -0.3 is 14.5 Å². The normalized spacial score (nSPS) is 12.2. The fourth-order valence-corrected chi connectivity index (χ4v) is 2.97. The Morgan fingerprint density at radius 3 is 2.54 bits per heavy atom. The topological polar surface area (TPSA) is 60.0 Å². The van der Waals surface area contributed by atoms with Gasteiger partial charge in [0.25, 0.3) is 0 Å². The Hall–Kier alpha value is -3.25. The molecule has 0 saturated carbocycles. The van der Waals surface area contributed by atoms with Gasteiger partial charge in [-0.1, -0.05) is 24.3 Å². The lowest BCUT2D eigenvalue weighted by Gasteiger charge is -2.16. The van der Waals surface area contributed by atoms with E-state index in [0.29, 0.717) is 13.2 Å². The quantitative estimate of drug-likeness (QED) is 0.502. The van der Waals surface area contributed by atoms with Gasteiger partial charge in [-0.05, 0) is 54.4 Å². The number of benzene rings is 2. The molecule has 0 aliphatic heterocycles. The van der Waals surface area contributed by atoms with Crippen LogP contribution < -0.4 is 4.74 Å². The van der Waals surface area contributed by atoms with Crippen LogP contribution in [0.2, 0.25) is 0 Å². The van der Waals surface area contributed by atoms with E-state index in [-0.39, 0.29) is 11.9 Å². The van der Waals surface area contributed by atoms with Crippen molar-refractivity contribution in [2.75, 3.05) is 6.61 Å². The summed E-state index contributed by atoms with van der Waals surface area (Å²) in [4.78, 5) is 12.1. The Morgan fingerprint density at radius 2 is 1.82 bits per heavy atom. The van der Waals surface area contributed by atoms with Crippen molar-refractivity contribution in [2.45, 2.75) is 19.6 Å². The van der Waals surface area contributed by atoms with Crippen LogP contribution >= 0.6 is 0 Å². The van der Waals surface area contributed by atoms with Gasteiger partial charge in [-0.15, -0.1) is 0 Å². The molecule has 0 bridgehead atoms. The number of imidazole rings is 1. The third-order valence-corrected chi connectivity index (χ3v) is 4.36. The maximum absolute atomic E-state index is 13.0. The molecule has 4 rings (SSSR count). The Morgan fingerprint density at radius 1 is 1.04 bits per heavy atom. The first-order chi connectivity index (χ1) is 13.7. The SMILES string of the molecule is CCOC(c1ccc(OCc2ccc(F)cc2)cc1)c1nc2cccnc2[nH]1. The molecule has 0 spiro atoms. The van der Waals surface area contributed by atoms with Gasteiger partial charge in [0.1, 0.15) is 35.6 Å². The third-order valence-electron chi connectivity index (χ3n) is 4.36. The average Bonchev–Trinajstić information content (AvgIpc) is 3.16. The molecule has 5 nitrogen and oxygen atoms in total. The molecule has 1 unspecified atom stereocenters. The minimum Gasteiger partial charge on any atom is -0.489 e. The van der Waals surface area contributed by atoms with Crippen LogP contribution in [0.3, 0.4) is 0 Å². The van der Waals surface area contributed by atoms with Gasteiger partial charge in [-0.2, -0.15) is 0 Å². The number of hydrogen-bond donors (Lipinski definition) is 1. The van der Waals surface area contributed by atoms with Gasteiger partial charge >= 0.3 is 0 Å². The lowest BCUT2D eigenvalue weighted by Crippen LogP contribution is -2.08. The maximum Gasteiger partial charge on any atom is 0.157 e. The van der Waals surface area contributed by atoms with Crippen LogP contribution in [0.15, 0.2) is 66.9 Å². The molecule has 0 aliphatic carbocycles.